The Bertz CT molecular complexity index is 903. The number of aliphatic hydroxyl groups excluding tert-OH is 2. The molecule has 2 aromatic rings. The lowest BCUT2D eigenvalue weighted by Crippen LogP contribution is -2.34. The average molecular weight is 469 g/mol. The minimum Gasteiger partial charge on any atom is -0.494 e. The second-order valence-electron chi connectivity index (χ2n) is 8.18. The SMILES string of the molecule is Cc1cc(OCCCC2CCN(c3nc(C(F)F)no3)CC2)ccc1C(=O)NC[C@H](O)CO. The number of alkyl halides is 2. The van der Waals surface area contributed by atoms with Crippen LogP contribution >= 0.6 is 0 Å². The molecule has 1 atom stereocenters. The monoisotopic (exact) mass is 468 g/mol. The molecule has 0 aliphatic carbocycles. The van der Waals surface area contributed by atoms with E-state index in [9.17, 15) is 18.7 Å². The number of aliphatic hydroxyl groups is 2. The highest BCUT2D eigenvalue weighted by molar-refractivity contribution is 5.95. The highest BCUT2D eigenvalue weighted by atomic mass is 19.3. The number of benzene rings is 1. The molecule has 2 heterocycles. The van der Waals surface area contributed by atoms with E-state index >= 15 is 0 Å². The number of hydrogen-bond donors (Lipinski definition) is 3. The summed E-state index contributed by atoms with van der Waals surface area (Å²) in [6.07, 6.45) is -0.0156. The van der Waals surface area contributed by atoms with E-state index in [4.69, 9.17) is 14.4 Å². The largest absolute Gasteiger partial charge is 0.494 e. The van der Waals surface area contributed by atoms with E-state index in [0.717, 1.165) is 31.2 Å². The Morgan fingerprint density at radius 1 is 1.36 bits per heavy atom. The normalized spacial score (nSPS) is 15.6. The maximum absolute atomic E-state index is 12.6. The number of hydrogen-bond acceptors (Lipinski definition) is 8. The number of aromatic nitrogens is 2. The Labute approximate surface area is 190 Å². The molecule has 1 aliphatic heterocycles. The van der Waals surface area contributed by atoms with E-state index in [2.05, 4.69) is 15.5 Å². The highest BCUT2D eigenvalue weighted by Gasteiger charge is 2.24. The van der Waals surface area contributed by atoms with Crippen LogP contribution in [0.15, 0.2) is 22.7 Å². The van der Waals surface area contributed by atoms with Crippen LogP contribution in [0.25, 0.3) is 0 Å². The number of carbonyl (C=O) groups excluding carboxylic acids is 1. The molecular formula is C22H30F2N4O5. The molecule has 9 nitrogen and oxygen atoms in total. The van der Waals surface area contributed by atoms with Crippen molar-refractivity contribution in [3.05, 3.63) is 35.2 Å². The van der Waals surface area contributed by atoms with Crippen molar-refractivity contribution in [1.82, 2.24) is 15.5 Å². The fourth-order valence-electron chi connectivity index (χ4n) is 3.77. The van der Waals surface area contributed by atoms with Gasteiger partial charge in [-0.25, -0.2) is 8.78 Å². The zero-order chi connectivity index (χ0) is 23.8. The van der Waals surface area contributed by atoms with Crippen molar-refractivity contribution < 1.29 is 33.0 Å². The molecular weight excluding hydrogens is 438 g/mol. The fourth-order valence-corrected chi connectivity index (χ4v) is 3.77. The van der Waals surface area contributed by atoms with Crippen LogP contribution in [-0.2, 0) is 0 Å². The van der Waals surface area contributed by atoms with Crippen molar-refractivity contribution >= 4 is 11.9 Å². The van der Waals surface area contributed by atoms with Gasteiger partial charge in [-0.3, -0.25) is 4.79 Å². The summed E-state index contributed by atoms with van der Waals surface area (Å²) in [5.41, 5.74) is 1.24. The molecule has 0 saturated carbocycles. The van der Waals surface area contributed by atoms with Gasteiger partial charge in [0, 0.05) is 25.2 Å². The van der Waals surface area contributed by atoms with Gasteiger partial charge in [-0.05, 0) is 62.3 Å². The molecule has 1 aliphatic rings. The van der Waals surface area contributed by atoms with E-state index in [-0.39, 0.29) is 18.5 Å². The predicted octanol–water partition coefficient (Wildman–Crippen LogP) is 2.47. The first-order valence-electron chi connectivity index (χ1n) is 11.0. The lowest BCUT2D eigenvalue weighted by Gasteiger charge is -2.30. The molecule has 33 heavy (non-hydrogen) atoms. The van der Waals surface area contributed by atoms with E-state index in [1.807, 2.05) is 11.8 Å². The second kappa shape index (κ2) is 11.9. The minimum atomic E-state index is -2.73. The van der Waals surface area contributed by atoms with Crippen LogP contribution < -0.4 is 15.0 Å². The van der Waals surface area contributed by atoms with Crippen molar-refractivity contribution in [2.45, 2.75) is 45.1 Å². The molecule has 0 spiro atoms. The number of rotatable bonds is 11. The van der Waals surface area contributed by atoms with Gasteiger partial charge < -0.3 is 29.7 Å². The molecule has 0 bridgehead atoms. The van der Waals surface area contributed by atoms with E-state index < -0.39 is 25.0 Å². The van der Waals surface area contributed by atoms with Gasteiger partial charge in [-0.1, -0.05) is 5.16 Å². The third-order valence-corrected chi connectivity index (χ3v) is 5.69. The van der Waals surface area contributed by atoms with Crippen LogP contribution in [0, 0.1) is 12.8 Å². The van der Waals surface area contributed by atoms with Crippen molar-refractivity contribution in [3.8, 4) is 5.75 Å². The Balaban J connectivity index is 1.36. The topological polar surface area (TPSA) is 121 Å². The smallest absolute Gasteiger partial charge is 0.324 e. The number of amides is 1. The number of ether oxygens (including phenoxy) is 1. The molecule has 1 fully saturated rings. The Kier molecular flexibility index (Phi) is 8.95. The first-order chi connectivity index (χ1) is 15.9. The maximum atomic E-state index is 12.6. The fraction of sp³-hybridized carbons (Fsp3) is 0.591. The van der Waals surface area contributed by atoms with Crippen molar-refractivity contribution in [3.63, 3.8) is 0 Å². The number of nitrogens with one attached hydrogen (secondary N) is 1. The van der Waals surface area contributed by atoms with Gasteiger partial charge in [-0.2, -0.15) is 4.98 Å². The van der Waals surface area contributed by atoms with E-state index in [0.29, 0.717) is 36.9 Å². The highest BCUT2D eigenvalue weighted by Crippen LogP contribution is 2.27. The molecule has 3 N–H and O–H groups in total. The van der Waals surface area contributed by atoms with Gasteiger partial charge in [0.2, 0.25) is 5.82 Å². The number of aryl methyl sites for hydroxylation is 1. The summed E-state index contributed by atoms with van der Waals surface area (Å²) >= 11 is 0. The van der Waals surface area contributed by atoms with Crippen LogP contribution in [0.5, 0.6) is 5.75 Å². The number of anilines is 1. The van der Waals surface area contributed by atoms with Gasteiger partial charge in [0.15, 0.2) is 0 Å². The van der Waals surface area contributed by atoms with Crippen LogP contribution in [0.4, 0.5) is 14.8 Å². The first-order valence-corrected chi connectivity index (χ1v) is 11.0. The van der Waals surface area contributed by atoms with Crippen molar-refractivity contribution in [2.75, 3.05) is 37.7 Å². The van der Waals surface area contributed by atoms with Gasteiger partial charge >= 0.3 is 12.4 Å². The number of halogens is 2. The third-order valence-electron chi connectivity index (χ3n) is 5.69. The lowest BCUT2D eigenvalue weighted by molar-refractivity contribution is 0.0801. The first kappa shape index (κ1) is 24.8. The maximum Gasteiger partial charge on any atom is 0.324 e. The molecule has 0 radical (unpaired) electrons. The summed E-state index contributed by atoms with van der Waals surface area (Å²) in [4.78, 5) is 17.8. The standard InChI is InChI=1S/C22H30F2N4O5/c1-14-11-17(4-5-18(14)21(31)25-12-16(30)13-29)32-10-2-3-15-6-8-28(9-7-15)22-26-20(19(23)24)27-33-22/h4-5,11,15-16,19,29-30H,2-3,6-10,12-13H2,1H3,(H,25,31)/t16-/m0/s1. The minimum absolute atomic E-state index is 0.0163. The Morgan fingerprint density at radius 3 is 2.76 bits per heavy atom. The molecule has 1 aromatic carbocycles. The molecule has 1 saturated heterocycles. The summed E-state index contributed by atoms with van der Waals surface area (Å²) in [7, 11) is 0. The Hall–Kier alpha value is -2.79. The molecule has 1 amide bonds. The lowest BCUT2D eigenvalue weighted by atomic mass is 9.92. The van der Waals surface area contributed by atoms with E-state index in [1.165, 1.54) is 0 Å². The summed E-state index contributed by atoms with van der Waals surface area (Å²) in [6, 6.07) is 5.37. The number of piperidine rings is 1. The summed E-state index contributed by atoms with van der Waals surface area (Å²) < 4.78 is 36.0. The van der Waals surface area contributed by atoms with Gasteiger partial charge in [0.05, 0.1) is 19.3 Å². The van der Waals surface area contributed by atoms with Gasteiger partial charge in [0.1, 0.15) is 5.75 Å². The average Bonchev–Trinajstić information content (AvgIpc) is 3.31. The summed E-state index contributed by atoms with van der Waals surface area (Å²) in [5.74, 6) is 0.308. The second-order valence-corrected chi connectivity index (χ2v) is 8.18. The Morgan fingerprint density at radius 2 is 2.12 bits per heavy atom. The zero-order valence-electron chi connectivity index (χ0n) is 18.5. The zero-order valence-corrected chi connectivity index (χ0v) is 18.5. The predicted molar refractivity (Wildman–Crippen MR) is 116 cm³/mol. The molecule has 3 rings (SSSR count). The van der Waals surface area contributed by atoms with Crippen LogP contribution in [0.2, 0.25) is 0 Å². The van der Waals surface area contributed by atoms with E-state index in [1.54, 1.807) is 18.2 Å². The van der Waals surface area contributed by atoms with Crippen molar-refractivity contribution in [2.24, 2.45) is 5.92 Å². The van der Waals surface area contributed by atoms with Crippen LogP contribution in [0.3, 0.4) is 0 Å². The molecule has 11 heteroatoms. The quantitative estimate of drug-likeness (QED) is 0.430. The molecule has 0 unspecified atom stereocenters. The summed E-state index contributed by atoms with van der Waals surface area (Å²) in [5, 5.41) is 24.0. The third kappa shape index (κ3) is 7.10. The van der Waals surface area contributed by atoms with Crippen LogP contribution in [-0.4, -0.2) is 65.2 Å². The van der Waals surface area contributed by atoms with Crippen LogP contribution in [0.1, 0.15) is 53.9 Å². The molecule has 1 aromatic heterocycles. The van der Waals surface area contributed by atoms with Crippen molar-refractivity contribution in [1.29, 1.82) is 0 Å². The van der Waals surface area contributed by atoms with Gasteiger partial charge in [0.25, 0.3) is 5.91 Å². The summed E-state index contributed by atoms with van der Waals surface area (Å²) in [6.45, 7) is 3.31. The van der Waals surface area contributed by atoms with Gasteiger partial charge in [-0.15, -0.1) is 0 Å². The number of carbonyl (C=O) groups is 1. The molecule has 182 valence electrons. The number of nitrogens with zero attached hydrogens (tertiary/aromatic N) is 3.